The molecule has 0 aromatic carbocycles. The molecule has 8 heteroatoms. The van der Waals surface area contributed by atoms with Gasteiger partial charge in [0.15, 0.2) is 10.9 Å². The molecule has 3 aliphatic rings. The number of carbonyl (C=O) groups is 1. The minimum absolute atomic E-state index is 0.0619. The summed E-state index contributed by atoms with van der Waals surface area (Å²) in [6.45, 7) is 2.13. The molecule has 1 aromatic rings. The minimum atomic E-state index is -0.409. The summed E-state index contributed by atoms with van der Waals surface area (Å²) in [7, 11) is 0. The molecule has 0 unspecified atom stereocenters. The van der Waals surface area contributed by atoms with Crippen molar-refractivity contribution in [2.75, 3.05) is 0 Å². The predicted octanol–water partition coefficient (Wildman–Crippen LogP) is 5.51. The summed E-state index contributed by atoms with van der Waals surface area (Å²) in [5.74, 6) is 0.229. The molecule has 1 saturated carbocycles. The van der Waals surface area contributed by atoms with E-state index >= 15 is 0 Å². The molecule has 0 spiro atoms. The smallest absolute Gasteiger partial charge is 0.283 e. The van der Waals surface area contributed by atoms with Crippen molar-refractivity contribution >= 4 is 51.6 Å². The zero-order chi connectivity index (χ0) is 19.5. The van der Waals surface area contributed by atoms with E-state index in [0.717, 1.165) is 29.4 Å². The summed E-state index contributed by atoms with van der Waals surface area (Å²) in [5.41, 5.74) is 0.216. The van der Waals surface area contributed by atoms with Gasteiger partial charge in [-0.15, -0.1) is 0 Å². The third-order valence-corrected chi connectivity index (χ3v) is 7.19. The average molecular weight is 417 g/mol. The van der Waals surface area contributed by atoms with E-state index in [9.17, 15) is 4.79 Å². The Labute approximate surface area is 173 Å². The zero-order valence-electron chi connectivity index (χ0n) is 15.9. The number of amidine groups is 2. The first kappa shape index (κ1) is 19.5. The number of thioether (sulfide) groups is 2. The van der Waals surface area contributed by atoms with Gasteiger partial charge in [-0.3, -0.25) is 10.2 Å². The largest absolute Gasteiger partial charge is 0.450 e. The molecule has 1 N–H and O–H groups in total. The minimum Gasteiger partial charge on any atom is -0.450 e. The summed E-state index contributed by atoms with van der Waals surface area (Å²) in [6.07, 6.45) is 10.9. The Hall–Kier alpha value is -1.80. The third-order valence-electron chi connectivity index (χ3n) is 4.96. The molecule has 148 valence electrons. The number of unbranched alkanes of at least 4 members (excludes halogenated alkanes) is 1. The van der Waals surface area contributed by atoms with E-state index < -0.39 is 5.91 Å². The van der Waals surface area contributed by atoms with E-state index in [4.69, 9.17) is 9.83 Å². The summed E-state index contributed by atoms with van der Waals surface area (Å²) < 4.78 is 5.90. The maximum atomic E-state index is 12.5. The van der Waals surface area contributed by atoms with Crippen LogP contribution in [0.3, 0.4) is 0 Å². The number of aliphatic imine (C=N–C) groups is 1. The maximum absolute atomic E-state index is 12.5. The molecule has 1 aromatic heterocycles. The Morgan fingerprint density at radius 3 is 2.96 bits per heavy atom. The fourth-order valence-electron chi connectivity index (χ4n) is 3.43. The van der Waals surface area contributed by atoms with Gasteiger partial charge in [0.1, 0.15) is 10.8 Å². The highest BCUT2D eigenvalue weighted by Gasteiger charge is 2.35. The van der Waals surface area contributed by atoms with Crippen LogP contribution in [0.2, 0.25) is 0 Å². The summed E-state index contributed by atoms with van der Waals surface area (Å²) in [6, 6.07) is 3.80. The highest BCUT2D eigenvalue weighted by molar-refractivity contribution is 8.26. The molecule has 0 bridgehead atoms. The number of amides is 1. The van der Waals surface area contributed by atoms with Gasteiger partial charge >= 0.3 is 0 Å². The van der Waals surface area contributed by atoms with E-state index in [1.807, 2.05) is 12.1 Å². The van der Waals surface area contributed by atoms with E-state index in [2.05, 4.69) is 17.0 Å². The molecule has 0 saturated heterocycles. The van der Waals surface area contributed by atoms with Crippen molar-refractivity contribution in [1.29, 1.82) is 5.41 Å². The van der Waals surface area contributed by atoms with Crippen LogP contribution >= 0.6 is 23.5 Å². The topological polar surface area (TPSA) is 82.0 Å². The SMILES string of the molecule is CCCCC1=NN2C(=N)/C(=C\c3ccc(SC4CCCCC4)o3)C(=O)N=C2S1. The molecule has 1 amide bonds. The van der Waals surface area contributed by atoms with Gasteiger partial charge in [-0.25, -0.2) is 0 Å². The highest BCUT2D eigenvalue weighted by atomic mass is 32.2. The Bertz CT molecular complexity index is 865. The number of nitrogens with zero attached hydrogens (tertiary/aromatic N) is 3. The van der Waals surface area contributed by atoms with Crippen LogP contribution < -0.4 is 0 Å². The van der Waals surface area contributed by atoms with E-state index in [1.54, 1.807) is 17.8 Å². The second kappa shape index (κ2) is 8.69. The van der Waals surface area contributed by atoms with E-state index in [0.29, 0.717) is 16.2 Å². The van der Waals surface area contributed by atoms with Gasteiger partial charge in [-0.05, 0) is 55.7 Å². The van der Waals surface area contributed by atoms with Crippen LogP contribution in [0.15, 0.2) is 37.3 Å². The fraction of sp³-hybridized carbons (Fsp3) is 0.500. The van der Waals surface area contributed by atoms with Crippen molar-refractivity contribution in [1.82, 2.24) is 5.01 Å². The molecule has 4 rings (SSSR count). The fourth-order valence-corrected chi connectivity index (χ4v) is 5.54. The van der Waals surface area contributed by atoms with E-state index in [-0.39, 0.29) is 11.4 Å². The molecular weight excluding hydrogens is 392 g/mol. The molecule has 1 aliphatic carbocycles. The number of hydrazone groups is 1. The van der Waals surface area contributed by atoms with Crippen LogP contribution in [0.5, 0.6) is 0 Å². The maximum Gasteiger partial charge on any atom is 0.283 e. The van der Waals surface area contributed by atoms with Crippen LogP contribution in [-0.4, -0.2) is 32.2 Å². The summed E-state index contributed by atoms with van der Waals surface area (Å²) in [5, 5.41) is 17.2. The molecule has 3 heterocycles. The van der Waals surface area contributed by atoms with Crippen molar-refractivity contribution in [3.8, 4) is 0 Å². The lowest BCUT2D eigenvalue weighted by atomic mass is 10.0. The van der Waals surface area contributed by atoms with Gasteiger partial charge in [-0.1, -0.05) is 44.4 Å². The molecule has 6 nitrogen and oxygen atoms in total. The lowest BCUT2D eigenvalue weighted by Gasteiger charge is -2.20. The lowest BCUT2D eigenvalue weighted by Crippen LogP contribution is -2.35. The number of carbonyl (C=O) groups excluding carboxylic acids is 1. The molecule has 2 aliphatic heterocycles. The lowest BCUT2D eigenvalue weighted by molar-refractivity contribution is -0.114. The number of hydrogen-bond donors (Lipinski definition) is 1. The highest BCUT2D eigenvalue weighted by Crippen LogP contribution is 2.35. The number of rotatable bonds is 6. The Balaban J connectivity index is 1.48. The monoisotopic (exact) mass is 416 g/mol. The predicted molar refractivity (Wildman–Crippen MR) is 116 cm³/mol. The van der Waals surface area contributed by atoms with Gasteiger partial charge in [0.05, 0.1) is 5.57 Å². The first-order valence-electron chi connectivity index (χ1n) is 9.89. The molecule has 28 heavy (non-hydrogen) atoms. The Morgan fingerprint density at radius 1 is 1.36 bits per heavy atom. The molecule has 1 fully saturated rings. The van der Waals surface area contributed by atoms with Gasteiger partial charge in [-0.2, -0.15) is 15.1 Å². The first-order valence-corrected chi connectivity index (χ1v) is 11.6. The van der Waals surface area contributed by atoms with Crippen LogP contribution in [0.25, 0.3) is 6.08 Å². The number of furan rings is 1. The van der Waals surface area contributed by atoms with Crippen molar-refractivity contribution in [3.63, 3.8) is 0 Å². The van der Waals surface area contributed by atoms with Crippen LogP contribution in [0.4, 0.5) is 0 Å². The van der Waals surface area contributed by atoms with Crippen LogP contribution in [0, 0.1) is 5.41 Å². The quantitative estimate of drug-likeness (QED) is 0.618. The summed E-state index contributed by atoms with van der Waals surface area (Å²) >= 11 is 3.16. The van der Waals surface area contributed by atoms with E-state index in [1.165, 1.54) is 48.9 Å². The van der Waals surface area contributed by atoms with Crippen molar-refractivity contribution < 1.29 is 9.21 Å². The van der Waals surface area contributed by atoms with Gasteiger partial charge in [0.2, 0.25) is 5.17 Å². The second-order valence-corrected chi connectivity index (χ2v) is 9.50. The van der Waals surface area contributed by atoms with Crippen molar-refractivity contribution in [3.05, 3.63) is 23.5 Å². The van der Waals surface area contributed by atoms with Gasteiger partial charge < -0.3 is 4.42 Å². The number of hydrogen-bond acceptors (Lipinski definition) is 6. The second-order valence-electron chi connectivity index (χ2n) is 7.15. The van der Waals surface area contributed by atoms with Crippen LogP contribution in [0.1, 0.15) is 64.1 Å². The van der Waals surface area contributed by atoms with Crippen molar-refractivity contribution in [2.45, 2.75) is 68.6 Å². The third kappa shape index (κ3) is 4.27. The van der Waals surface area contributed by atoms with Crippen LogP contribution in [-0.2, 0) is 4.79 Å². The number of nitrogens with one attached hydrogen (secondary N) is 1. The van der Waals surface area contributed by atoms with Gasteiger partial charge in [0, 0.05) is 5.25 Å². The number of fused-ring (bicyclic) bond motifs is 1. The van der Waals surface area contributed by atoms with Gasteiger partial charge in [0.25, 0.3) is 5.91 Å². The normalized spacial score (nSPS) is 21.9. The average Bonchev–Trinajstić information content (AvgIpc) is 3.31. The Morgan fingerprint density at radius 2 is 2.18 bits per heavy atom. The first-order chi connectivity index (χ1) is 13.6. The van der Waals surface area contributed by atoms with Crippen molar-refractivity contribution in [2.24, 2.45) is 10.1 Å². The molecular formula is C20H24N4O2S2. The standard InChI is InChI=1S/C20H24N4O2S2/c1-2-3-9-16-23-24-18(21)15(19(25)22-20(24)28-16)12-13-10-11-17(26-13)27-14-7-5-4-6-8-14/h10-12,14,21H,2-9H2,1H3/b15-12+,21-18?. The zero-order valence-corrected chi connectivity index (χ0v) is 17.6. The molecule has 0 radical (unpaired) electrons. The Kier molecular flexibility index (Phi) is 6.06. The molecule has 0 atom stereocenters. The summed E-state index contributed by atoms with van der Waals surface area (Å²) in [4.78, 5) is 16.6.